The summed E-state index contributed by atoms with van der Waals surface area (Å²) >= 11 is 0. The molecule has 0 aliphatic rings. The molecule has 8 heteroatoms. The normalized spacial score (nSPS) is 11.3. The lowest BCUT2D eigenvalue weighted by molar-refractivity contribution is -0.812. The first-order valence-corrected chi connectivity index (χ1v) is 10.2. The highest BCUT2D eigenvalue weighted by atomic mass is 17.9. The van der Waals surface area contributed by atoms with Crippen LogP contribution in [0.15, 0.2) is 0 Å². The average molecular weight is 382 g/mol. The van der Waals surface area contributed by atoms with Crippen molar-refractivity contribution in [3.63, 3.8) is 0 Å². The molecule has 0 saturated heterocycles. The SMILES string of the molecule is CCCCCCCCCCCCCCCCCCOOOOOOOO. The second kappa shape index (κ2) is 24.7. The number of unbranched alkanes of at least 4 members (excludes halogenated alkanes) is 15. The van der Waals surface area contributed by atoms with Crippen molar-refractivity contribution in [2.75, 3.05) is 6.61 Å². The molecule has 0 fully saturated rings. The van der Waals surface area contributed by atoms with E-state index in [1.807, 2.05) is 0 Å². The van der Waals surface area contributed by atoms with Crippen molar-refractivity contribution in [1.82, 2.24) is 0 Å². The van der Waals surface area contributed by atoms with E-state index in [4.69, 9.17) is 5.26 Å². The van der Waals surface area contributed by atoms with Crippen LogP contribution in [0.3, 0.4) is 0 Å². The molecule has 1 N–H and O–H groups in total. The molecule has 0 bridgehead atoms. The summed E-state index contributed by atoms with van der Waals surface area (Å²) < 4.78 is 0. The van der Waals surface area contributed by atoms with Crippen molar-refractivity contribution in [3.8, 4) is 0 Å². The molecule has 0 saturated carbocycles. The molecule has 0 aliphatic carbocycles. The molecule has 0 aromatic rings. The third kappa shape index (κ3) is 23.7. The van der Waals surface area contributed by atoms with E-state index in [1.54, 1.807) is 0 Å². The number of hydrogen-bond donors (Lipinski definition) is 1. The Bertz CT molecular complexity index is 219. The van der Waals surface area contributed by atoms with E-state index >= 15 is 0 Å². The summed E-state index contributed by atoms with van der Waals surface area (Å²) in [5.41, 5.74) is 0. The van der Waals surface area contributed by atoms with Gasteiger partial charge >= 0.3 is 0 Å². The molecule has 0 atom stereocenters. The highest BCUT2D eigenvalue weighted by Gasteiger charge is 1.96. The van der Waals surface area contributed by atoms with Crippen LogP contribution in [0.1, 0.15) is 110 Å². The summed E-state index contributed by atoms with van der Waals surface area (Å²) in [6.07, 6.45) is 21.1. The Morgan fingerprint density at radius 1 is 0.462 bits per heavy atom. The summed E-state index contributed by atoms with van der Waals surface area (Å²) in [5, 5.41) is 29.6. The molecule has 158 valence electrons. The molecule has 0 radical (unpaired) electrons. The van der Waals surface area contributed by atoms with Crippen LogP contribution in [0.4, 0.5) is 0 Å². The Kier molecular flexibility index (Phi) is 24.4. The fourth-order valence-corrected chi connectivity index (χ4v) is 2.81. The van der Waals surface area contributed by atoms with Gasteiger partial charge < -0.3 is 0 Å². The first kappa shape index (κ1) is 25.7. The Morgan fingerprint density at radius 3 is 1.31 bits per heavy atom. The minimum absolute atomic E-state index is 0.388. The van der Waals surface area contributed by atoms with Gasteiger partial charge in [0.2, 0.25) is 0 Å². The van der Waals surface area contributed by atoms with Crippen LogP contribution < -0.4 is 0 Å². The van der Waals surface area contributed by atoms with Crippen LogP contribution in [-0.2, 0) is 35.1 Å². The first-order valence-electron chi connectivity index (χ1n) is 10.2. The molecule has 0 rings (SSSR count). The second-order valence-corrected chi connectivity index (χ2v) is 6.54. The van der Waals surface area contributed by atoms with Crippen molar-refractivity contribution in [2.24, 2.45) is 0 Å². The minimum atomic E-state index is 0.388. The molecular formula is C18H38O8. The van der Waals surface area contributed by atoms with Gasteiger partial charge in [0.05, 0.1) is 6.61 Å². The Morgan fingerprint density at radius 2 is 0.846 bits per heavy atom. The lowest BCUT2D eigenvalue weighted by atomic mass is 10.0. The average Bonchev–Trinajstić information content (AvgIpc) is 2.66. The van der Waals surface area contributed by atoms with E-state index in [0.29, 0.717) is 6.61 Å². The topological polar surface area (TPSA) is 84.8 Å². The molecule has 0 aliphatic heterocycles. The summed E-state index contributed by atoms with van der Waals surface area (Å²) in [4.78, 5) is 4.65. The smallest absolute Gasteiger partial charge is 0.0855 e. The van der Waals surface area contributed by atoms with Crippen molar-refractivity contribution in [1.29, 1.82) is 0 Å². The minimum Gasteiger partial charge on any atom is -0.219 e. The molecule has 0 spiro atoms. The van der Waals surface area contributed by atoms with Crippen LogP contribution in [0.5, 0.6) is 0 Å². The van der Waals surface area contributed by atoms with Crippen molar-refractivity contribution < 1.29 is 40.4 Å². The van der Waals surface area contributed by atoms with E-state index in [-0.39, 0.29) is 0 Å². The first-order chi connectivity index (χ1) is 12.9. The van der Waals surface area contributed by atoms with Crippen LogP contribution in [0.2, 0.25) is 0 Å². The predicted octanol–water partition coefficient (Wildman–Crippen LogP) is 6.33. The van der Waals surface area contributed by atoms with Crippen molar-refractivity contribution in [3.05, 3.63) is 0 Å². The standard InChI is InChI=1S/C18H38O8/c1-2-3-4-5-6-7-8-9-10-11-12-13-14-15-16-17-18-20-22-24-26-25-23-21-19/h19H,2-18H2,1H3. The van der Waals surface area contributed by atoms with Crippen molar-refractivity contribution in [2.45, 2.75) is 110 Å². The van der Waals surface area contributed by atoms with Gasteiger partial charge in [-0.15, -0.1) is 0 Å². The fourth-order valence-electron chi connectivity index (χ4n) is 2.81. The molecule has 8 nitrogen and oxygen atoms in total. The van der Waals surface area contributed by atoms with Gasteiger partial charge in [-0.05, 0) is 36.7 Å². The van der Waals surface area contributed by atoms with Gasteiger partial charge in [-0.3, -0.25) is 0 Å². The number of rotatable bonds is 23. The Labute approximate surface area is 157 Å². The van der Waals surface area contributed by atoms with Gasteiger partial charge in [-0.25, -0.2) is 10.1 Å². The third-order valence-electron chi connectivity index (χ3n) is 4.27. The highest BCUT2D eigenvalue weighted by Crippen LogP contribution is 2.13. The van der Waals surface area contributed by atoms with Crippen molar-refractivity contribution >= 4 is 0 Å². The summed E-state index contributed by atoms with van der Waals surface area (Å²) in [6.45, 7) is 2.66. The third-order valence-corrected chi connectivity index (χ3v) is 4.27. The summed E-state index contributed by atoms with van der Waals surface area (Å²) in [6, 6.07) is 0. The van der Waals surface area contributed by atoms with E-state index in [0.717, 1.165) is 12.8 Å². The summed E-state index contributed by atoms with van der Waals surface area (Å²) in [5.74, 6) is 0. The predicted molar refractivity (Wildman–Crippen MR) is 94.6 cm³/mol. The highest BCUT2D eigenvalue weighted by molar-refractivity contribution is 4.49. The van der Waals surface area contributed by atoms with Crippen LogP contribution in [-0.4, -0.2) is 11.9 Å². The van der Waals surface area contributed by atoms with E-state index in [9.17, 15) is 0 Å². The zero-order valence-corrected chi connectivity index (χ0v) is 16.3. The molecule has 0 unspecified atom stereocenters. The zero-order valence-electron chi connectivity index (χ0n) is 16.3. The maximum absolute atomic E-state index is 7.68. The second-order valence-electron chi connectivity index (χ2n) is 6.54. The Balaban J connectivity index is 2.95. The lowest BCUT2D eigenvalue weighted by Gasteiger charge is -2.03. The van der Waals surface area contributed by atoms with E-state index in [1.165, 1.54) is 89.9 Å². The molecular weight excluding hydrogens is 344 g/mol. The number of hydrogen-bond acceptors (Lipinski definition) is 8. The van der Waals surface area contributed by atoms with E-state index < -0.39 is 0 Å². The maximum Gasteiger partial charge on any atom is 0.0855 e. The lowest BCUT2D eigenvalue weighted by Crippen LogP contribution is -2.01. The largest absolute Gasteiger partial charge is 0.219 e. The molecule has 0 amide bonds. The fraction of sp³-hybridized carbons (Fsp3) is 1.00. The molecule has 0 aromatic heterocycles. The maximum atomic E-state index is 7.68. The Hall–Kier alpha value is -0.320. The van der Waals surface area contributed by atoms with Gasteiger partial charge in [-0.1, -0.05) is 103 Å². The van der Waals surface area contributed by atoms with Gasteiger partial charge in [0, 0.05) is 0 Å². The van der Waals surface area contributed by atoms with Crippen LogP contribution in [0, 0.1) is 0 Å². The van der Waals surface area contributed by atoms with Crippen LogP contribution >= 0.6 is 0 Å². The monoisotopic (exact) mass is 382 g/mol. The summed E-state index contributed by atoms with van der Waals surface area (Å²) in [7, 11) is 0. The van der Waals surface area contributed by atoms with Crippen LogP contribution in [0.25, 0.3) is 0 Å². The molecule has 0 heterocycles. The zero-order chi connectivity index (χ0) is 19.0. The van der Waals surface area contributed by atoms with Gasteiger partial charge in [0.15, 0.2) is 0 Å². The molecule has 0 aromatic carbocycles. The van der Waals surface area contributed by atoms with Gasteiger partial charge in [-0.2, -0.15) is 0 Å². The molecule has 26 heavy (non-hydrogen) atoms. The van der Waals surface area contributed by atoms with Gasteiger partial charge in [0.25, 0.3) is 0 Å². The van der Waals surface area contributed by atoms with Gasteiger partial charge in [0.1, 0.15) is 0 Å². The van der Waals surface area contributed by atoms with E-state index in [2.05, 4.69) is 42.0 Å². The quantitative estimate of drug-likeness (QED) is 0.125.